The van der Waals surface area contributed by atoms with Crippen molar-refractivity contribution in [2.24, 2.45) is 29.6 Å². The summed E-state index contributed by atoms with van der Waals surface area (Å²) < 4.78 is 13.2. The maximum atomic E-state index is 13.2. The number of benzene rings is 1. The summed E-state index contributed by atoms with van der Waals surface area (Å²) in [5.74, 6) is 3.36. The fraction of sp³-hybridized carbons (Fsp3) is 0.632. The van der Waals surface area contributed by atoms with Crippen LogP contribution in [0.1, 0.15) is 37.7 Å². The molecule has 118 valence electrons. The molecule has 1 aromatic rings. The second kappa shape index (κ2) is 5.68. The number of rotatable bonds is 4. The van der Waals surface area contributed by atoms with Gasteiger partial charge >= 0.3 is 0 Å². The topological polar surface area (TPSA) is 29.1 Å². The molecule has 4 aliphatic rings. The number of nitrogens with one attached hydrogen (secondary N) is 1. The summed E-state index contributed by atoms with van der Waals surface area (Å²) in [4.78, 5) is 12.6. The van der Waals surface area contributed by atoms with Crippen LogP contribution in [-0.2, 0) is 11.2 Å². The van der Waals surface area contributed by atoms with E-state index in [4.69, 9.17) is 0 Å². The largest absolute Gasteiger partial charge is 0.356 e. The number of hydrogen-bond donors (Lipinski definition) is 1. The van der Waals surface area contributed by atoms with E-state index in [-0.39, 0.29) is 17.6 Å². The van der Waals surface area contributed by atoms with Gasteiger partial charge in [-0.3, -0.25) is 4.79 Å². The van der Waals surface area contributed by atoms with Crippen LogP contribution in [-0.4, -0.2) is 12.5 Å². The van der Waals surface area contributed by atoms with Crippen LogP contribution in [0.4, 0.5) is 4.39 Å². The van der Waals surface area contributed by atoms with Crippen LogP contribution in [0.2, 0.25) is 0 Å². The minimum Gasteiger partial charge on any atom is -0.356 e. The average molecular weight is 301 g/mol. The molecule has 3 heteroatoms. The molecule has 2 nitrogen and oxygen atoms in total. The highest BCUT2D eigenvalue weighted by atomic mass is 19.1. The van der Waals surface area contributed by atoms with Crippen molar-refractivity contribution in [3.63, 3.8) is 0 Å². The molecule has 5 rings (SSSR count). The minimum atomic E-state index is -0.204. The minimum absolute atomic E-state index is 0.204. The normalized spacial score (nSPS) is 35.6. The van der Waals surface area contributed by atoms with E-state index >= 15 is 0 Å². The van der Waals surface area contributed by atoms with Crippen molar-refractivity contribution in [2.75, 3.05) is 6.54 Å². The Morgan fingerprint density at radius 3 is 2.41 bits per heavy atom. The van der Waals surface area contributed by atoms with Crippen LogP contribution in [0, 0.1) is 35.4 Å². The number of hydrogen-bond acceptors (Lipinski definition) is 1. The van der Waals surface area contributed by atoms with Gasteiger partial charge in [-0.15, -0.1) is 0 Å². The molecule has 4 fully saturated rings. The maximum Gasteiger partial charge on any atom is 0.223 e. The molecule has 1 amide bonds. The van der Waals surface area contributed by atoms with Crippen LogP contribution in [0.3, 0.4) is 0 Å². The Labute approximate surface area is 131 Å². The fourth-order valence-electron chi connectivity index (χ4n) is 5.49. The average Bonchev–Trinajstić information content (AvgIpc) is 2.46. The van der Waals surface area contributed by atoms with Gasteiger partial charge in [0, 0.05) is 12.5 Å². The molecular weight excluding hydrogens is 277 g/mol. The number of carbonyl (C=O) groups is 1. The van der Waals surface area contributed by atoms with Gasteiger partial charge in [0.1, 0.15) is 5.82 Å². The molecule has 0 unspecified atom stereocenters. The number of carbonyl (C=O) groups excluding carboxylic acids is 1. The summed E-state index contributed by atoms with van der Waals surface area (Å²) in [6.45, 7) is 0.616. The van der Waals surface area contributed by atoms with Gasteiger partial charge in [0.25, 0.3) is 0 Å². The first kappa shape index (κ1) is 14.2. The van der Waals surface area contributed by atoms with E-state index in [1.807, 2.05) is 6.07 Å². The molecule has 0 radical (unpaired) electrons. The van der Waals surface area contributed by atoms with Crippen LogP contribution in [0.5, 0.6) is 0 Å². The molecule has 4 bridgehead atoms. The molecule has 0 saturated heterocycles. The molecule has 0 aliphatic heterocycles. The van der Waals surface area contributed by atoms with Gasteiger partial charge in [-0.1, -0.05) is 12.1 Å². The molecule has 0 atom stereocenters. The van der Waals surface area contributed by atoms with Crippen molar-refractivity contribution >= 4 is 5.91 Å². The second-order valence-corrected chi connectivity index (χ2v) is 7.63. The third-order valence-corrected chi connectivity index (χ3v) is 6.13. The number of halogens is 1. The van der Waals surface area contributed by atoms with Crippen LogP contribution >= 0.6 is 0 Å². The standard InChI is InChI=1S/C19H24FNO/c20-17-3-1-2-12(11-17)4-5-21-19(22)18-15-7-13-6-14(9-15)10-16(18)8-13/h1-3,11,13-16,18H,4-10H2,(H,21,22). The lowest BCUT2D eigenvalue weighted by atomic mass is 9.51. The second-order valence-electron chi connectivity index (χ2n) is 7.63. The molecule has 4 saturated carbocycles. The van der Waals surface area contributed by atoms with Gasteiger partial charge in [-0.2, -0.15) is 0 Å². The zero-order valence-electron chi connectivity index (χ0n) is 12.9. The fourth-order valence-corrected chi connectivity index (χ4v) is 5.49. The van der Waals surface area contributed by atoms with E-state index < -0.39 is 0 Å². The lowest BCUT2D eigenvalue weighted by molar-refractivity contribution is -0.138. The lowest BCUT2D eigenvalue weighted by Crippen LogP contribution is -2.51. The Morgan fingerprint density at radius 2 is 1.77 bits per heavy atom. The molecule has 1 aromatic carbocycles. The van der Waals surface area contributed by atoms with Gasteiger partial charge in [0.15, 0.2) is 0 Å². The van der Waals surface area contributed by atoms with Crippen molar-refractivity contribution < 1.29 is 9.18 Å². The van der Waals surface area contributed by atoms with Crippen LogP contribution in [0.25, 0.3) is 0 Å². The summed E-state index contributed by atoms with van der Waals surface area (Å²) >= 11 is 0. The summed E-state index contributed by atoms with van der Waals surface area (Å²) in [5.41, 5.74) is 0.949. The first-order chi connectivity index (χ1) is 10.7. The highest BCUT2D eigenvalue weighted by Gasteiger charge is 2.50. The van der Waals surface area contributed by atoms with Crippen molar-refractivity contribution in [1.29, 1.82) is 0 Å². The van der Waals surface area contributed by atoms with Gasteiger partial charge in [-0.25, -0.2) is 4.39 Å². The smallest absolute Gasteiger partial charge is 0.223 e. The molecule has 0 spiro atoms. The van der Waals surface area contributed by atoms with E-state index in [0.29, 0.717) is 24.8 Å². The van der Waals surface area contributed by atoms with E-state index in [1.54, 1.807) is 12.1 Å². The third kappa shape index (κ3) is 2.66. The quantitative estimate of drug-likeness (QED) is 0.905. The maximum absolute atomic E-state index is 13.2. The van der Waals surface area contributed by atoms with Crippen LogP contribution < -0.4 is 5.32 Å². The molecule has 1 N–H and O–H groups in total. The van der Waals surface area contributed by atoms with Crippen molar-refractivity contribution in [3.05, 3.63) is 35.6 Å². The van der Waals surface area contributed by atoms with Crippen LogP contribution in [0.15, 0.2) is 24.3 Å². The van der Waals surface area contributed by atoms with E-state index in [1.165, 1.54) is 38.2 Å². The molecule has 0 heterocycles. The molecule has 0 aromatic heterocycles. The number of amides is 1. The summed E-state index contributed by atoms with van der Waals surface area (Å²) in [6, 6.07) is 6.65. The van der Waals surface area contributed by atoms with Gasteiger partial charge in [0.05, 0.1) is 0 Å². The summed E-state index contributed by atoms with van der Waals surface area (Å²) in [6.07, 6.45) is 7.21. The monoisotopic (exact) mass is 301 g/mol. The predicted octanol–water partition coefficient (Wildman–Crippen LogP) is 3.56. The first-order valence-electron chi connectivity index (χ1n) is 8.71. The third-order valence-electron chi connectivity index (χ3n) is 6.13. The van der Waals surface area contributed by atoms with Gasteiger partial charge in [-0.05, 0) is 79.9 Å². The Balaban J connectivity index is 1.33. The summed E-state index contributed by atoms with van der Waals surface area (Å²) in [5, 5.41) is 3.12. The Hall–Kier alpha value is -1.38. The van der Waals surface area contributed by atoms with Gasteiger partial charge < -0.3 is 5.32 Å². The zero-order chi connectivity index (χ0) is 15.1. The van der Waals surface area contributed by atoms with Crippen molar-refractivity contribution in [2.45, 2.75) is 38.5 Å². The highest BCUT2D eigenvalue weighted by molar-refractivity contribution is 5.79. The first-order valence-corrected chi connectivity index (χ1v) is 8.71. The Bertz CT molecular complexity index is 542. The molecule has 4 aliphatic carbocycles. The zero-order valence-corrected chi connectivity index (χ0v) is 12.9. The Morgan fingerprint density at radius 1 is 1.09 bits per heavy atom. The predicted molar refractivity (Wildman–Crippen MR) is 83.6 cm³/mol. The SMILES string of the molecule is O=C(NCCc1cccc(F)c1)C1C2CC3CC(C2)CC1C3. The molecular formula is C19H24FNO. The summed E-state index contributed by atoms with van der Waals surface area (Å²) in [7, 11) is 0. The van der Waals surface area contributed by atoms with Crippen molar-refractivity contribution in [3.8, 4) is 0 Å². The lowest BCUT2D eigenvalue weighted by Gasteiger charge is -2.53. The van der Waals surface area contributed by atoms with Crippen molar-refractivity contribution in [1.82, 2.24) is 5.32 Å². The Kier molecular flexibility index (Phi) is 3.67. The highest BCUT2D eigenvalue weighted by Crippen LogP contribution is 2.56. The van der Waals surface area contributed by atoms with E-state index in [0.717, 1.165) is 17.4 Å². The molecule has 22 heavy (non-hydrogen) atoms. The van der Waals surface area contributed by atoms with E-state index in [2.05, 4.69) is 5.32 Å². The van der Waals surface area contributed by atoms with Gasteiger partial charge in [0.2, 0.25) is 5.91 Å². The van der Waals surface area contributed by atoms with E-state index in [9.17, 15) is 9.18 Å².